The Labute approximate surface area is 107 Å². The Bertz CT molecular complexity index is 377. The minimum absolute atomic E-state index is 0.329. The van der Waals surface area contributed by atoms with Crippen LogP contribution in [0.3, 0.4) is 0 Å². The van der Waals surface area contributed by atoms with Crippen LogP contribution >= 0.6 is 11.3 Å². The Balaban J connectivity index is 1.68. The molecule has 92 valence electrons. The van der Waals surface area contributed by atoms with Gasteiger partial charge in [0.1, 0.15) is 0 Å². The zero-order valence-corrected chi connectivity index (χ0v) is 10.9. The molecule has 0 aromatic carbocycles. The van der Waals surface area contributed by atoms with Crippen LogP contribution in [0.1, 0.15) is 43.4 Å². The Hall–Kier alpha value is -0.830. The van der Waals surface area contributed by atoms with E-state index in [1.165, 1.54) is 30.6 Å². The van der Waals surface area contributed by atoms with Gasteiger partial charge in [-0.15, -0.1) is 11.3 Å². The number of hydrogen-bond donors (Lipinski definition) is 0. The zero-order valence-electron chi connectivity index (χ0n) is 10.1. The molecule has 1 aromatic rings. The molecule has 0 bridgehead atoms. The van der Waals surface area contributed by atoms with Crippen molar-refractivity contribution in [3.8, 4) is 0 Å². The van der Waals surface area contributed by atoms with Gasteiger partial charge in [-0.1, -0.05) is 18.9 Å². The zero-order chi connectivity index (χ0) is 11.7. The minimum Gasteiger partial charge on any atom is -0.334 e. The fourth-order valence-corrected chi connectivity index (χ4v) is 3.45. The summed E-state index contributed by atoms with van der Waals surface area (Å²) in [6.07, 6.45) is 7.15. The fraction of sp³-hybridized carbons (Fsp3) is 0.643. The highest BCUT2D eigenvalue weighted by Crippen LogP contribution is 2.34. The second-order valence-corrected chi connectivity index (χ2v) is 6.29. The van der Waals surface area contributed by atoms with Gasteiger partial charge in [0.05, 0.1) is 6.54 Å². The Morgan fingerprint density at radius 3 is 2.65 bits per heavy atom. The molecule has 3 rings (SSSR count). The molecule has 0 unspecified atom stereocenters. The third-order valence-electron chi connectivity index (χ3n) is 3.88. The van der Waals surface area contributed by atoms with Crippen molar-refractivity contribution in [3.63, 3.8) is 0 Å². The van der Waals surface area contributed by atoms with E-state index in [2.05, 4.69) is 22.4 Å². The van der Waals surface area contributed by atoms with Gasteiger partial charge in [-0.25, -0.2) is 0 Å². The number of carbonyl (C=O) groups is 1. The van der Waals surface area contributed by atoms with Gasteiger partial charge in [-0.05, 0) is 37.1 Å². The van der Waals surface area contributed by atoms with E-state index in [0.29, 0.717) is 17.9 Å². The predicted molar refractivity (Wildman–Crippen MR) is 69.8 cm³/mol. The van der Waals surface area contributed by atoms with Crippen LogP contribution in [0.2, 0.25) is 0 Å². The average molecular weight is 249 g/mol. The lowest BCUT2D eigenvalue weighted by Gasteiger charge is -2.25. The average Bonchev–Trinajstić information content (AvgIpc) is 2.86. The van der Waals surface area contributed by atoms with Crippen LogP contribution < -0.4 is 0 Å². The molecule has 0 aliphatic heterocycles. The van der Waals surface area contributed by atoms with Crippen molar-refractivity contribution in [2.24, 2.45) is 5.92 Å². The third kappa shape index (κ3) is 2.54. The first-order chi connectivity index (χ1) is 8.34. The smallest absolute Gasteiger partial charge is 0.226 e. The quantitative estimate of drug-likeness (QED) is 0.800. The molecule has 0 saturated heterocycles. The molecule has 2 aliphatic rings. The summed E-state index contributed by atoms with van der Waals surface area (Å²) < 4.78 is 0. The molecule has 3 heteroatoms. The molecule has 2 nitrogen and oxygen atoms in total. The topological polar surface area (TPSA) is 20.3 Å². The first-order valence-corrected chi connectivity index (χ1v) is 7.55. The second kappa shape index (κ2) is 4.81. The summed E-state index contributed by atoms with van der Waals surface area (Å²) in [5.41, 5.74) is 0. The van der Waals surface area contributed by atoms with Gasteiger partial charge in [0.2, 0.25) is 5.91 Å². The summed E-state index contributed by atoms with van der Waals surface area (Å²) in [7, 11) is 0. The lowest BCUT2D eigenvalue weighted by molar-refractivity contribution is -0.136. The van der Waals surface area contributed by atoms with E-state index in [-0.39, 0.29) is 0 Å². The maximum absolute atomic E-state index is 12.5. The van der Waals surface area contributed by atoms with Crippen molar-refractivity contribution in [1.82, 2.24) is 4.90 Å². The molecular weight excluding hydrogens is 230 g/mol. The van der Waals surface area contributed by atoms with Gasteiger partial charge >= 0.3 is 0 Å². The van der Waals surface area contributed by atoms with Gasteiger partial charge in [0, 0.05) is 16.8 Å². The highest BCUT2D eigenvalue weighted by Gasteiger charge is 2.36. The van der Waals surface area contributed by atoms with Crippen LogP contribution in [0.5, 0.6) is 0 Å². The van der Waals surface area contributed by atoms with E-state index in [1.807, 2.05) is 0 Å². The molecule has 2 fully saturated rings. The number of thiophene rings is 1. The third-order valence-corrected chi connectivity index (χ3v) is 4.74. The molecule has 1 amide bonds. The number of rotatable bonds is 4. The highest BCUT2D eigenvalue weighted by atomic mass is 32.1. The lowest BCUT2D eigenvalue weighted by Crippen LogP contribution is -2.36. The number of carbonyl (C=O) groups excluding carboxylic acids is 1. The molecular formula is C14H19NOS. The van der Waals surface area contributed by atoms with Gasteiger partial charge in [-0.2, -0.15) is 0 Å². The van der Waals surface area contributed by atoms with E-state index >= 15 is 0 Å². The van der Waals surface area contributed by atoms with Gasteiger partial charge in [-0.3, -0.25) is 4.79 Å². The molecule has 1 heterocycles. The van der Waals surface area contributed by atoms with E-state index < -0.39 is 0 Å². The summed E-state index contributed by atoms with van der Waals surface area (Å²) in [5.74, 6) is 0.758. The largest absolute Gasteiger partial charge is 0.334 e. The number of amides is 1. The monoisotopic (exact) mass is 249 g/mol. The number of nitrogens with zero attached hydrogens (tertiary/aromatic N) is 1. The molecule has 17 heavy (non-hydrogen) atoms. The fourth-order valence-electron chi connectivity index (χ4n) is 2.75. The van der Waals surface area contributed by atoms with Gasteiger partial charge in [0.25, 0.3) is 0 Å². The maximum atomic E-state index is 12.5. The summed E-state index contributed by atoms with van der Waals surface area (Å²) >= 11 is 1.76. The normalized spacial score (nSPS) is 20.7. The Kier molecular flexibility index (Phi) is 3.19. The molecule has 0 atom stereocenters. The van der Waals surface area contributed by atoms with E-state index in [4.69, 9.17) is 0 Å². The van der Waals surface area contributed by atoms with Gasteiger partial charge in [0.15, 0.2) is 0 Å². The highest BCUT2D eigenvalue weighted by molar-refractivity contribution is 7.09. The van der Waals surface area contributed by atoms with E-state index in [0.717, 1.165) is 19.4 Å². The maximum Gasteiger partial charge on any atom is 0.226 e. The number of hydrogen-bond acceptors (Lipinski definition) is 2. The van der Waals surface area contributed by atoms with Crippen LogP contribution in [-0.2, 0) is 11.3 Å². The van der Waals surface area contributed by atoms with Crippen molar-refractivity contribution < 1.29 is 4.79 Å². The molecule has 0 radical (unpaired) electrons. The van der Waals surface area contributed by atoms with Crippen molar-refractivity contribution in [3.05, 3.63) is 22.4 Å². The minimum atomic E-state index is 0.329. The van der Waals surface area contributed by atoms with Crippen LogP contribution in [0.25, 0.3) is 0 Å². The summed E-state index contributed by atoms with van der Waals surface area (Å²) in [4.78, 5) is 16.0. The molecule has 0 spiro atoms. The molecule has 1 aromatic heterocycles. The molecule has 0 N–H and O–H groups in total. The standard InChI is InChI=1S/C14H19NOS/c16-14(11-4-1-2-5-11)15(12-7-8-12)10-13-6-3-9-17-13/h3,6,9,11-12H,1-2,4-5,7-8,10H2. The predicted octanol–water partition coefficient (Wildman–Crippen LogP) is 3.43. The first-order valence-electron chi connectivity index (χ1n) is 6.67. The van der Waals surface area contributed by atoms with Crippen LogP contribution in [0.4, 0.5) is 0 Å². The van der Waals surface area contributed by atoms with E-state index in [9.17, 15) is 4.79 Å². The van der Waals surface area contributed by atoms with Crippen LogP contribution in [0, 0.1) is 5.92 Å². The molecule has 2 aliphatic carbocycles. The lowest BCUT2D eigenvalue weighted by atomic mass is 10.1. The van der Waals surface area contributed by atoms with Gasteiger partial charge < -0.3 is 4.90 Å². The van der Waals surface area contributed by atoms with E-state index in [1.54, 1.807) is 11.3 Å². The van der Waals surface area contributed by atoms with Crippen molar-refractivity contribution >= 4 is 17.2 Å². The summed E-state index contributed by atoms with van der Waals surface area (Å²) in [5, 5.41) is 2.10. The van der Waals surface area contributed by atoms with Crippen molar-refractivity contribution in [2.45, 2.75) is 51.1 Å². The SMILES string of the molecule is O=C(C1CCCC1)N(Cc1cccs1)C1CC1. The Morgan fingerprint density at radius 1 is 1.29 bits per heavy atom. The van der Waals surface area contributed by atoms with Crippen molar-refractivity contribution in [1.29, 1.82) is 0 Å². The van der Waals surface area contributed by atoms with Crippen LogP contribution in [-0.4, -0.2) is 16.8 Å². The van der Waals surface area contributed by atoms with Crippen LogP contribution in [0.15, 0.2) is 17.5 Å². The molecule has 2 saturated carbocycles. The summed E-state index contributed by atoms with van der Waals surface area (Å²) in [6, 6.07) is 4.76. The van der Waals surface area contributed by atoms with Crippen molar-refractivity contribution in [2.75, 3.05) is 0 Å². The summed E-state index contributed by atoms with van der Waals surface area (Å²) in [6.45, 7) is 0.845. The first kappa shape index (κ1) is 11.3. The second-order valence-electron chi connectivity index (χ2n) is 5.26. The Morgan fingerprint density at radius 2 is 2.06 bits per heavy atom.